The fraction of sp³-hybridized carbons (Fsp3) is 0.409. The summed E-state index contributed by atoms with van der Waals surface area (Å²) in [5.41, 5.74) is 2.99. The van der Waals surface area contributed by atoms with E-state index in [9.17, 15) is 4.79 Å². The molecule has 0 bridgehead atoms. The van der Waals surface area contributed by atoms with Gasteiger partial charge in [0.1, 0.15) is 5.75 Å². The van der Waals surface area contributed by atoms with Crippen LogP contribution in [0.5, 0.6) is 5.75 Å². The normalized spacial score (nSPS) is 14.7. The van der Waals surface area contributed by atoms with Crippen molar-refractivity contribution in [2.24, 2.45) is 0 Å². The largest absolute Gasteiger partial charge is 0.494 e. The molecule has 0 saturated carbocycles. The number of carbonyl (C=O) groups excluding carboxylic acids is 1. The highest BCUT2D eigenvalue weighted by molar-refractivity contribution is 5.94. The van der Waals surface area contributed by atoms with Gasteiger partial charge in [0, 0.05) is 31.7 Å². The molecule has 2 aromatic carbocycles. The lowest BCUT2D eigenvalue weighted by Crippen LogP contribution is -2.35. The molecule has 0 spiro atoms. The maximum absolute atomic E-state index is 12.5. The molecule has 0 atom stereocenters. The Morgan fingerprint density at radius 1 is 1.11 bits per heavy atom. The Labute approximate surface area is 161 Å². The maximum atomic E-state index is 12.5. The van der Waals surface area contributed by atoms with Crippen molar-refractivity contribution in [2.45, 2.75) is 26.4 Å². The van der Waals surface area contributed by atoms with E-state index in [1.807, 2.05) is 24.3 Å². The van der Waals surface area contributed by atoms with Crippen molar-refractivity contribution in [3.05, 3.63) is 65.2 Å². The summed E-state index contributed by atoms with van der Waals surface area (Å²) in [6.07, 6.45) is 0.942. The van der Waals surface area contributed by atoms with Gasteiger partial charge >= 0.3 is 0 Å². The van der Waals surface area contributed by atoms with Crippen molar-refractivity contribution in [1.82, 2.24) is 10.2 Å². The van der Waals surface area contributed by atoms with E-state index in [0.717, 1.165) is 50.6 Å². The number of amides is 1. The second-order valence-electron chi connectivity index (χ2n) is 6.77. The molecule has 0 aromatic heterocycles. The molecule has 1 fully saturated rings. The van der Waals surface area contributed by atoms with Crippen LogP contribution in [0.4, 0.5) is 0 Å². The van der Waals surface area contributed by atoms with Crippen LogP contribution in [0, 0.1) is 0 Å². The number of rotatable bonds is 8. The van der Waals surface area contributed by atoms with Gasteiger partial charge in [0.25, 0.3) is 5.91 Å². The van der Waals surface area contributed by atoms with E-state index in [0.29, 0.717) is 18.7 Å². The number of nitrogens with one attached hydrogen (secondary N) is 1. The van der Waals surface area contributed by atoms with Gasteiger partial charge in [-0.3, -0.25) is 9.69 Å². The van der Waals surface area contributed by atoms with Crippen molar-refractivity contribution in [1.29, 1.82) is 0 Å². The van der Waals surface area contributed by atoms with Crippen LogP contribution in [0.15, 0.2) is 48.5 Å². The lowest BCUT2D eigenvalue weighted by atomic mass is 10.1. The first-order valence-corrected chi connectivity index (χ1v) is 9.63. The van der Waals surface area contributed by atoms with Crippen LogP contribution in [0.2, 0.25) is 0 Å². The van der Waals surface area contributed by atoms with Crippen molar-refractivity contribution in [3.8, 4) is 5.75 Å². The first kappa shape index (κ1) is 19.4. The molecule has 1 heterocycles. The molecule has 0 radical (unpaired) electrons. The van der Waals surface area contributed by atoms with E-state index in [1.54, 1.807) is 6.07 Å². The summed E-state index contributed by atoms with van der Waals surface area (Å²) >= 11 is 0. The van der Waals surface area contributed by atoms with E-state index < -0.39 is 0 Å². The molecule has 2 aromatic rings. The minimum Gasteiger partial charge on any atom is -0.494 e. The third kappa shape index (κ3) is 6.08. The van der Waals surface area contributed by atoms with E-state index in [2.05, 4.69) is 35.3 Å². The molecule has 1 amide bonds. The van der Waals surface area contributed by atoms with Crippen LogP contribution in [0.1, 0.15) is 34.8 Å². The Kier molecular flexibility index (Phi) is 7.25. The van der Waals surface area contributed by atoms with Crippen LogP contribution >= 0.6 is 0 Å². The van der Waals surface area contributed by atoms with Crippen LogP contribution in [-0.4, -0.2) is 43.7 Å². The van der Waals surface area contributed by atoms with E-state index >= 15 is 0 Å². The van der Waals surface area contributed by atoms with Crippen LogP contribution in [0.25, 0.3) is 0 Å². The Morgan fingerprint density at radius 3 is 2.70 bits per heavy atom. The number of hydrogen-bond donors (Lipinski definition) is 1. The number of ether oxygens (including phenoxy) is 2. The minimum atomic E-state index is -0.0875. The summed E-state index contributed by atoms with van der Waals surface area (Å²) in [5, 5.41) is 3.00. The fourth-order valence-electron chi connectivity index (χ4n) is 3.09. The highest BCUT2D eigenvalue weighted by Crippen LogP contribution is 2.14. The van der Waals surface area contributed by atoms with Crippen molar-refractivity contribution in [3.63, 3.8) is 0 Å². The molecule has 5 nitrogen and oxygen atoms in total. The molecule has 3 rings (SSSR count). The molecular formula is C22H28N2O3. The highest BCUT2D eigenvalue weighted by atomic mass is 16.5. The molecule has 1 saturated heterocycles. The first-order valence-electron chi connectivity index (χ1n) is 9.63. The van der Waals surface area contributed by atoms with Crippen molar-refractivity contribution in [2.75, 3.05) is 32.9 Å². The standard InChI is InChI=1S/C22H28N2O3/c1-2-11-27-21-8-4-7-20(15-21)22(25)23-16-18-5-3-6-19(14-18)17-24-9-12-26-13-10-24/h3-8,14-15H,2,9-13,16-17H2,1H3,(H,23,25). The summed E-state index contributed by atoms with van der Waals surface area (Å²) < 4.78 is 11.0. The summed E-state index contributed by atoms with van der Waals surface area (Å²) in [5.74, 6) is 0.646. The molecule has 27 heavy (non-hydrogen) atoms. The summed E-state index contributed by atoms with van der Waals surface area (Å²) in [4.78, 5) is 14.8. The molecule has 0 unspecified atom stereocenters. The maximum Gasteiger partial charge on any atom is 0.251 e. The second-order valence-corrected chi connectivity index (χ2v) is 6.77. The van der Waals surface area contributed by atoms with Gasteiger partial charge < -0.3 is 14.8 Å². The summed E-state index contributed by atoms with van der Waals surface area (Å²) in [7, 11) is 0. The monoisotopic (exact) mass is 368 g/mol. The van der Waals surface area contributed by atoms with Crippen molar-refractivity contribution >= 4 is 5.91 Å². The summed E-state index contributed by atoms with van der Waals surface area (Å²) in [6.45, 7) is 7.69. The van der Waals surface area contributed by atoms with Crippen molar-refractivity contribution < 1.29 is 14.3 Å². The Balaban J connectivity index is 1.54. The highest BCUT2D eigenvalue weighted by Gasteiger charge is 2.11. The quantitative estimate of drug-likeness (QED) is 0.777. The second kappa shape index (κ2) is 10.1. The van der Waals surface area contributed by atoms with Gasteiger partial charge in [-0.25, -0.2) is 0 Å². The molecule has 0 aliphatic carbocycles. The number of benzene rings is 2. The average Bonchev–Trinajstić information content (AvgIpc) is 2.72. The van der Waals surface area contributed by atoms with Crippen LogP contribution in [0.3, 0.4) is 0 Å². The minimum absolute atomic E-state index is 0.0875. The van der Waals surface area contributed by atoms with Crippen LogP contribution in [-0.2, 0) is 17.8 Å². The zero-order valence-corrected chi connectivity index (χ0v) is 15.9. The molecular weight excluding hydrogens is 340 g/mol. The Hall–Kier alpha value is -2.37. The number of nitrogens with zero attached hydrogens (tertiary/aromatic N) is 1. The van der Waals surface area contributed by atoms with Gasteiger partial charge in [-0.2, -0.15) is 0 Å². The smallest absolute Gasteiger partial charge is 0.251 e. The SMILES string of the molecule is CCCOc1cccc(C(=O)NCc2cccc(CN3CCOCC3)c2)c1. The number of morpholine rings is 1. The van der Waals surface area contributed by atoms with E-state index in [-0.39, 0.29) is 5.91 Å². The zero-order chi connectivity index (χ0) is 18.9. The van der Waals surface area contributed by atoms with Gasteiger partial charge in [-0.1, -0.05) is 37.3 Å². The lowest BCUT2D eigenvalue weighted by molar-refractivity contribution is 0.0342. The molecule has 1 N–H and O–H groups in total. The van der Waals surface area contributed by atoms with Crippen LogP contribution < -0.4 is 10.1 Å². The summed E-state index contributed by atoms with van der Waals surface area (Å²) in [6, 6.07) is 15.7. The topological polar surface area (TPSA) is 50.8 Å². The Bertz CT molecular complexity index is 742. The molecule has 1 aliphatic rings. The third-order valence-corrected chi connectivity index (χ3v) is 4.52. The Morgan fingerprint density at radius 2 is 1.89 bits per heavy atom. The van der Waals surface area contributed by atoms with E-state index in [1.165, 1.54) is 5.56 Å². The first-order chi connectivity index (χ1) is 13.2. The molecule has 5 heteroatoms. The predicted octanol–water partition coefficient (Wildman–Crippen LogP) is 3.24. The number of carbonyl (C=O) groups is 1. The van der Waals surface area contributed by atoms with Gasteiger partial charge in [0.2, 0.25) is 0 Å². The molecule has 1 aliphatic heterocycles. The fourth-order valence-corrected chi connectivity index (χ4v) is 3.09. The van der Waals surface area contributed by atoms with Gasteiger partial charge in [-0.05, 0) is 35.7 Å². The lowest BCUT2D eigenvalue weighted by Gasteiger charge is -2.26. The average molecular weight is 368 g/mol. The van der Waals surface area contributed by atoms with Gasteiger partial charge in [0.05, 0.1) is 19.8 Å². The molecule has 144 valence electrons. The van der Waals surface area contributed by atoms with Gasteiger partial charge in [-0.15, -0.1) is 0 Å². The third-order valence-electron chi connectivity index (χ3n) is 4.52. The zero-order valence-electron chi connectivity index (χ0n) is 15.9. The number of hydrogen-bond acceptors (Lipinski definition) is 4. The van der Waals surface area contributed by atoms with E-state index in [4.69, 9.17) is 9.47 Å². The van der Waals surface area contributed by atoms with Gasteiger partial charge in [0.15, 0.2) is 0 Å². The predicted molar refractivity (Wildman–Crippen MR) is 106 cm³/mol.